The zero-order valence-corrected chi connectivity index (χ0v) is 10.3. The van der Waals surface area contributed by atoms with Gasteiger partial charge in [0, 0.05) is 0 Å². The van der Waals surface area contributed by atoms with Crippen LogP contribution in [0.25, 0.3) is 0 Å². The van der Waals surface area contributed by atoms with Crippen molar-refractivity contribution < 1.29 is 14.6 Å². The number of methoxy groups -OCH3 is 1. The fraction of sp³-hybridized carbons (Fsp3) is 0.231. The van der Waals surface area contributed by atoms with Crippen LogP contribution in [0.2, 0.25) is 0 Å². The molecule has 5 heteroatoms. The molecule has 0 bridgehead atoms. The first-order chi connectivity index (χ1) is 8.72. The van der Waals surface area contributed by atoms with Crippen LogP contribution in [-0.2, 0) is 6.61 Å². The highest BCUT2D eigenvalue weighted by molar-refractivity contribution is 5.44. The highest BCUT2D eigenvalue weighted by atomic mass is 16.5. The summed E-state index contributed by atoms with van der Waals surface area (Å²) in [6.45, 7) is 1.84. The second kappa shape index (κ2) is 5.46. The number of aryl methyl sites for hydroxylation is 1. The number of aliphatic hydroxyl groups excluding tert-OH is 1. The minimum Gasteiger partial charge on any atom is -0.493 e. The van der Waals surface area contributed by atoms with E-state index in [1.54, 1.807) is 7.11 Å². The average Bonchev–Trinajstić information content (AvgIpc) is 2.41. The summed E-state index contributed by atoms with van der Waals surface area (Å²) in [4.78, 5) is 8.03. The van der Waals surface area contributed by atoms with Crippen LogP contribution in [0.3, 0.4) is 0 Å². The summed E-state index contributed by atoms with van der Waals surface area (Å²) in [5.41, 5.74) is 1.58. The van der Waals surface area contributed by atoms with Crippen molar-refractivity contribution in [3.63, 3.8) is 0 Å². The van der Waals surface area contributed by atoms with Crippen LogP contribution in [0.5, 0.6) is 17.4 Å². The van der Waals surface area contributed by atoms with E-state index in [-0.39, 0.29) is 6.61 Å². The van der Waals surface area contributed by atoms with Gasteiger partial charge in [-0.15, -0.1) is 0 Å². The molecule has 94 valence electrons. The average molecular weight is 246 g/mol. The number of nitrogens with zero attached hydrogens (tertiary/aromatic N) is 2. The van der Waals surface area contributed by atoms with Crippen LogP contribution in [0.15, 0.2) is 30.6 Å². The lowest BCUT2D eigenvalue weighted by Gasteiger charge is -2.10. The maximum atomic E-state index is 8.87. The molecule has 0 saturated heterocycles. The van der Waals surface area contributed by atoms with E-state index >= 15 is 0 Å². The third-order valence-electron chi connectivity index (χ3n) is 2.38. The maximum Gasteiger partial charge on any atom is 0.238 e. The van der Waals surface area contributed by atoms with E-state index in [9.17, 15) is 0 Å². The molecule has 0 fully saturated rings. The van der Waals surface area contributed by atoms with Gasteiger partial charge in [0.25, 0.3) is 0 Å². The monoisotopic (exact) mass is 246 g/mol. The minimum atomic E-state index is -0.138. The van der Waals surface area contributed by atoms with Crippen LogP contribution < -0.4 is 9.47 Å². The lowest BCUT2D eigenvalue weighted by molar-refractivity contribution is 0.275. The van der Waals surface area contributed by atoms with Crippen molar-refractivity contribution in [2.45, 2.75) is 13.5 Å². The lowest BCUT2D eigenvalue weighted by atomic mass is 10.2. The summed E-state index contributed by atoms with van der Waals surface area (Å²) in [6, 6.07) is 5.62. The van der Waals surface area contributed by atoms with Gasteiger partial charge in [-0.2, -0.15) is 0 Å². The zero-order valence-electron chi connectivity index (χ0n) is 10.3. The Morgan fingerprint density at radius 3 is 2.61 bits per heavy atom. The van der Waals surface area contributed by atoms with Gasteiger partial charge < -0.3 is 14.6 Å². The highest BCUT2D eigenvalue weighted by Crippen LogP contribution is 2.30. The molecular weight excluding hydrogens is 232 g/mol. The number of aliphatic hydroxyl groups is 1. The van der Waals surface area contributed by atoms with Crippen molar-refractivity contribution in [2.75, 3.05) is 7.11 Å². The Balaban J connectivity index is 2.22. The van der Waals surface area contributed by atoms with Crippen molar-refractivity contribution in [1.29, 1.82) is 0 Å². The van der Waals surface area contributed by atoms with Crippen LogP contribution in [-0.4, -0.2) is 22.2 Å². The molecule has 18 heavy (non-hydrogen) atoms. The fourth-order valence-corrected chi connectivity index (χ4v) is 1.45. The normalized spacial score (nSPS) is 10.2. The van der Waals surface area contributed by atoms with Gasteiger partial charge in [0.05, 0.1) is 31.8 Å². The first kappa shape index (κ1) is 12.3. The van der Waals surface area contributed by atoms with Crippen molar-refractivity contribution in [2.24, 2.45) is 0 Å². The molecule has 1 heterocycles. The molecule has 0 aliphatic carbocycles. The van der Waals surface area contributed by atoms with Crippen LogP contribution in [0.4, 0.5) is 0 Å². The van der Waals surface area contributed by atoms with Crippen LogP contribution in [0, 0.1) is 6.92 Å². The van der Waals surface area contributed by atoms with E-state index in [1.165, 1.54) is 12.4 Å². The molecule has 0 aliphatic heterocycles. The molecule has 0 radical (unpaired) electrons. The quantitative estimate of drug-likeness (QED) is 0.894. The standard InChI is InChI=1S/C13H14N2O3/c1-9-3-4-11(12(5-9)17-2)18-13-7-14-10(8-16)6-15-13/h3-7,16H,8H2,1-2H3. The van der Waals surface area contributed by atoms with Crippen LogP contribution in [0.1, 0.15) is 11.3 Å². The second-order valence-corrected chi connectivity index (χ2v) is 3.76. The Hall–Kier alpha value is -2.14. The molecular formula is C13H14N2O3. The first-order valence-corrected chi connectivity index (χ1v) is 5.47. The molecule has 0 unspecified atom stereocenters. The number of benzene rings is 1. The molecule has 1 aromatic carbocycles. The predicted molar refractivity (Wildman–Crippen MR) is 65.8 cm³/mol. The van der Waals surface area contributed by atoms with E-state index in [4.69, 9.17) is 14.6 Å². The van der Waals surface area contributed by atoms with Crippen LogP contribution >= 0.6 is 0 Å². The number of hydrogen-bond acceptors (Lipinski definition) is 5. The summed E-state index contributed by atoms with van der Waals surface area (Å²) in [7, 11) is 1.59. The van der Waals surface area contributed by atoms with E-state index in [1.807, 2.05) is 25.1 Å². The molecule has 0 aliphatic rings. The Morgan fingerprint density at radius 2 is 2.00 bits per heavy atom. The van der Waals surface area contributed by atoms with Gasteiger partial charge in [-0.25, -0.2) is 4.98 Å². The summed E-state index contributed by atoms with van der Waals surface area (Å²) >= 11 is 0. The molecule has 2 aromatic rings. The Bertz CT molecular complexity index is 526. The Labute approximate surface area is 105 Å². The molecule has 1 aromatic heterocycles. The van der Waals surface area contributed by atoms with Crippen molar-refractivity contribution in [3.8, 4) is 17.4 Å². The lowest BCUT2D eigenvalue weighted by Crippen LogP contribution is -1.95. The molecule has 5 nitrogen and oxygen atoms in total. The maximum absolute atomic E-state index is 8.87. The van der Waals surface area contributed by atoms with Crippen molar-refractivity contribution in [3.05, 3.63) is 41.9 Å². The van der Waals surface area contributed by atoms with Gasteiger partial charge in [0.1, 0.15) is 0 Å². The van der Waals surface area contributed by atoms with Gasteiger partial charge in [-0.1, -0.05) is 6.07 Å². The van der Waals surface area contributed by atoms with Crippen molar-refractivity contribution >= 4 is 0 Å². The number of rotatable bonds is 4. The zero-order chi connectivity index (χ0) is 13.0. The summed E-state index contributed by atoms with van der Waals surface area (Å²) < 4.78 is 10.8. The summed E-state index contributed by atoms with van der Waals surface area (Å²) in [5, 5.41) is 8.87. The Morgan fingerprint density at radius 1 is 1.17 bits per heavy atom. The largest absolute Gasteiger partial charge is 0.493 e. The fourth-order valence-electron chi connectivity index (χ4n) is 1.45. The molecule has 0 atom stereocenters. The SMILES string of the molecule is COc1cc(C)ccc1Oc1cnc(CO)cn1. The van der Waals surface area contributed by atoms with Gasteiger partial charge in [-0.3, -0.25) is 4.98 Å². The minimum absolute atomic E-state index is 0.138. The molecule has 2 rings (SSSR count). The number of ether oxygens (including phenoxy) is 2. The summed E-state index contributed by atoms with van der Waals surface area (Å²) in [6.07, 6.45) is 2.93. The van der Waals surface area contributed by atoms with E-state index in [2.05, 4.69) is 9.97 Å². The smallest absolute Gasteiger partial charge is 0.238 e. The highest BCUT2D eigenvalue weighted by Gasteiger charge is 2.06. The van der Waals surface area contributed by atoms with Gasteiger partial charge in [-0.05, 0) is 24.6 Å². The third-order valence-corrected chi connectivity index (χ3v) is 2.38. The first-order valence-electron chi connectivity index (χ1n) is 5.47. The Kier molecular flexibility index (Phi) is 3.74. The topological polar surface area (TPSA) is 64.5 Å². The van der Waals surface area contributed by atoms with Crippen molar-refractivity contribution in [1.82, 2.24) is 9.97 Å². The molecule has 0 saturated carbocycles. The van der Waals surface area contributed by atoms with Gasteiger partial charge >= 0.3 is 0 Å². The van der Waals surface area contributed by atoms with Gasteiger partial charge in [0.2, 0.25) is 5.88 Å². The second-order valence-electron chi connectivity index (χ2n) is 3.76. The van der Waals surface area contributed by atoms with E-state index < -0.39 is 0 Å². The molecule has 0 spiro atoms. The van der Waals surface area contributed by atoms with E-state index in [0.29, 0.717) is 23.1 Å². The summed E-state index contributed by atoms with van der Waals surface area (Å²) in [5.74, 6) is 1.58. The third kappa shape index (κ3) is 2.75. The van der Waals surface area contributed by atoms with Gasteiger partial charge in [0.15, 0.2) is 11.5 Å². The predicted octanol–water partition coefficient (Wildman–Crippen LogP) is 2.08. The molecule has 1 N–H and O–H groups in total. The number of hydrogen-bond donors (Lipinski definition) is 1. The van der Waals surface area contributed by atoms with E-state index in [0.717, 1.165) is 5.56 Å². The molecule has 0 amide bonds. The number of aromatic nitrogens is 2.